The van der Waals surface area contributed by atoms with E-state index in [0.717, 1.165) is 23.8 Å². The van der Waals surface area contributed by atoms with Crippen molar-refractivity contribution in [1.29, 1.82) is 0 Å². The molecule has 2 aromatic heterocycles. The Morgan fingerprint density at radius 1 is 1.27 bits per heavy atom. The minimum Gasteiger partial charge on any atom is -0.319 e. The van der Waals surface area contributed by atoms with Gasteiger partial charge < -0.3 is 5.32 Å². The van der Waals surface area contributed by atoms with Crippen LogP contribution in [0, 0.1) is 13.8 Å². The van der Waals surface area contributed by atoms with Crippen LogP contribution in [0.25, 0.3) is 5.65 Å². The van der Waals surface area contributed by atoms with Crippen molar-refractivity contribution < 1.29 is 18.0 Å². The standard InChI is InChI=1S/C17H12BrClF3N3O/c1-8-5-11(18)15-23-9(2)14(25(15)7-8)16(26)24-13-6-10(17(20,21)22)3-4-12(13)19/h3-7H,1-2H3,(H,24,26). The topological polar surface area (TPSA) is 46.4 Å². The molecular formula is C17H12BrClF3N3O. The highest BCUT2D eigenvalue weighted by atomic mass is 79.9. The first kappa shape index (κ1) is 18.7. The van der Waals surface area contributed by atoms with Gasteiger partial charge in [0.05, 0.1) is 26.4 Å². The molecule has 0 spiro atoms. The highest BCUT2D eigenvalue weighted by molar-refractivity contribution is 9.10. The number of fused-ring (bicyclic) bond motifs is 1. The maximum absolute atomic E-state index is 12.9. The number of aryl methyl sites for hydroxylation is 2. The van der Waals surface area contributed by atoms with Crippen LogP contribution >= 0.6 is 27.5 Å². The minimum absolute atomic E-state index is 0.00943. The van der Waals surface area contributed by atoms with E-state index in [2.05, 4.69) is 26.2 Å². The number of amides is 1. The molecular weight excluding hydrogens is 435 g/mol. The molecule has 0 aliphatic heterocycles. The maximum atomic E-state index is 12.9. The second-order valence-corrected chi connectivity index (χ2v) is 7.01. The van der Waals surface area contributed by atoms with Gasteiger partial charge in [-0.3, -0.25) is 9.20 Å². The monoisotopic (exact) mass is 445 g/mol. The molecule has 0 unspecified atom stereocenters. The van der Waals surface area contributed by atoms with Crippen molar-refractivity contribution in [1.82, 2.24) is 9.38 Å². The number of anilines is 1. The van der Waals surface area contributed by atoms with Crippen LogP contribution in [0.1, 0.15) is 27.3 Å². The number of carbonyl (C=O) groups is 1. The highest BCUT2D eigenvalue weighted by Crippen LogP contribution is 2.34. The molecule has 3 rings (SSSR count). The summed E-state index contributed by atoms with van der Waals surface area (Å²) in [6, 6.07) is 4.62. The summed E-state index contributed by atoms with van der Waals surface area (Å²) in [5.74, 6) is -0.603. The van der Waals surface area contributed by atoms with E-state index in [1.807, 2.05) is 13.0 Å². The van der Waals surface area contributed by atoms with Crippen LogP contribution in [0.3, 0.4) is 0 Å². The number of carbonyl (C=O) groups excluding carboxylic acids is 1. The summed E-state index contributed by atoms with van der Waals surface area (Å²) >= 11 is 9.34. The van der Waals surface area contributed by atoms with Crippen molar-refractivity contribution in [3.8, 4) is 0 Å². The molecule has 0 aliphatic rings. The predicted octanol–water partition coefficient (Wildman–Crippen LogP) is 5.64. The van der Waals surface area contributed by atoms with Gasteiger partial charge in [0.25, 0.3) is 5.91 Å². The van der Waals surface area contributed by atoms with Gasteiger partial charge in [0.1, 0.15) is 5.69 Å². The van der Waals surface area contributed by atoms with Gasteiger partial charge in [-0.1, -0.05) is 11.6 Å². The van der Waals surface area contributed by atoms with Crippen LogP contribution in [0.15, 0.2) is 34.9 Å². The molecule has 3 aromatic rings. The number of benzene rings is 1. The molecule has 1 N–H and O–H groups in total. The number of imidazole rings is 1. The zero-order valence-electron chi connectivity index (χ0n) is 13.6. The first-order valence-corrected chi connectivity index (χ1v) is 8.58. The normalized spacial score (nSPS) is 11.8. The third-order valence-electron chi connectivity index (χ3n) is 3.74. The highest BCUT2D eigenvalue weighted by Gasteiger charge is 2.31. The van der Waals surface area contributed by atoms with E-state index in [1.165, 1.54) is 0 Å². The lowest BCUT2D eigenvalue weighted by atomic mass is 10.2. The van der Waals surface area contributed by atoms with E-state index in [4.69, 9.17) is 11.6 Å². The molecule has 0 saturated carbocycles. The number of pyridine rings is 1. The molecule has 0 aliphatic carbocycles. The summed E-state index contributed by atoms with van der Waals surface area (Å²) in [5.41, 5.74) is 1.06. The summed E-state index contributed by atoms with van der Waals surface area (Å²) in [6.45, 7) is 3.50. The van der Waals surface area contributed by atoms with Crippen LogP contribution in [0.2, 0.25) is 5.02 Å². The number of hydrogen-bond donors (Lipinski definition) is 1. The Labute approximate surface area is 160 Å². The Morgan fingerprint density at radius 3 is 2.62 bits per heavy atom. The fourth-order valence-corrected chi connectivity index (χ4v) is 3.40. The number of hydrogen-bond acceptors (Lipinski definition) is 2. The van der Waals surface area contributed by atoms with Crippen molar-refractivity contribution in [3.63, 3.8) is 0 Å². The third-order valence-corrected chi connectivity index (χ3v) is 4.66. The lowest BCUT2D eigenvalue weighted by Gasteiger charge is -2.12. The van der Waals surface area contributed by atoms with Gasteiger partial charge in [-0.05, 0) is 59.6 Å². The van der Waals surface area contributed by atoms with Gasteiger partial charge >= 0.3 is 6.18 Å². The van der Waals surface area contributed by atoms with Crippen molar-refractivity contribution in [2.45, 2.75) is 20.0 Å². The van der Waals surface area contributed by atoms with Crippen LogP contribution < -0.4 is 5.32 Å². The van der Waals surface area contributed by atoms with Crippen LogP contribution in [0.5, 0.6) is 0 Å². The number of aromatic nitrogens is 2. The molecule has 0 fully saturated rings. The Morgan fingerprint density at radius 2 is 1.96 bits per heavy atom. The third kappa shape index (κ3) is 3.43. The molecule has 0 atom stereocenters. The molecule has 0 saturated heterocycles. The molecule has 9 heteroatoms. The first-order valence-electron chi connectivity index (χ1n) is 7.41. The average Bonchev–Trinajstić information content (AvgIpc) is 2.84. The second-order valence-electron chi connectivity index (χ2n) is 5.75. The van der Waals surface area contributed by atoms with Gasteiger partial charge in [0, 0.05) is 6.20 Å². The molecule has 2 heterocycles. The van der Waals surface area contributed by atoms with Gasteiger partial charge in [0.2, 0.25) is 0 Å². The Balaban J connectivity index is 2.04. The molecule has 26 heavy (non-hydrogen) atoms. The largest absolute Gasteiger partial charge is 0.416 e. The quantitative estimate of drug-likeness (QED) is 0.554. The molecule has 0 radical (unpaired) electrons. The van der Waals surface area contributed by atoms with Gasteiger partial charge in [-0.25, -0.2) is 4.98 Å². The zero-order chi connectivity index (χ0) is 19.2. The zero-order valence-corrected chi connectivity index (χ0v) is 15.9. The van der Waals surface area contributed by atoms with Crippen LogP contribution in [0.4, 0.5) is 18.9 Å². The van der Waals surface area contributed by atoms with Gasteiger partial charge in [-0.2, -0.15) is 13.2 Å². The summed E-state index contributed by atoms with van der Waals surface area (Å²) in [4.78, 5) is 17.1. The summed E-state index contributed by atoms with van der Waals surface area (Å²) in [7, 11) is 0. The van der Waals surface area contributed by atoms with Crippen molar-refractivity contribution >= 4 is 44.8 Å². The SMILES string of the molecule is Cc1cc(Br)c2nc(C)c(C(=O)Nc3cc(C(F)(F)F)ccc3Cl)n2c1. The number of rotatable bonds is 2. The number of nitrogens with zero attached hydrogens (tertiary/aromatic N) is 2. The van der Waals surface area contributed by atoms with E-state index >= 15 is 0 Å². The summed E-state index contributed by atoms with van der Waals surface area (Å²) in [5, 5.41) is 2.46. The van der Waals surface area contributed by atoms with Crippen LogP contribution in [-0.4, -0.2) is 15.3 Å². The summed E-state index contributed by atoms with van der Waals surface area (Å²) < 4.78 is 41.0. The van der Waals surface area contributed by atoms with Crippen molar-refractivity contribution in [3.05, 3.63) is 62.5 Å². The second kappa shape index (κ2) is 6.59. The van der Waals surface area contributed by atoms with E-state index in [0.29, 0.717) is 15.8 Å². The smallest absolute Gasteiger partial charge is 0.319 e. The van der Waals surface area contributed by atoms with E-state index < -0.39 is 17.6 Å². The van der Waals surface area contributed by atoms with E-state index in [1.54, 1.807) is 17.5 Å². The number of alkyl halides is 3. The Bertz CT molecular complexity index is 1030. The minimum atomic E-state index is -4.54. The molecule has 1 amide bonds. The maximum Gasteiger partial charge on any atom is 0.416 e. The number of halogens is 5. The van der Waals surface area contributed by atoms with E-state index in [-0.39, 0.29) is 16.4 Å². The Hall–Kier alpha value is -2.06. The summed E-state index contributed by atoms with van der Waals surface area (Å²) in [6.07, 6.45) is -2.81. The molecule has 136 valence electrons. The lowest BCUT2D eigenvalue weighted by molar-refractivity contribution is -0.137. The molecule has 0 bridgehead atoms. The van der Waals surface area contributed by atoms with E-state index in [9.17, 15) is 18.0 Å². The Kier molecular flexibility index (Phi) is 4.74. The van der Waals surface area contributed by atoms with Crippen molar-refractivity contribution in [2.24, 2.45) is 0 Å². The fourth-order valence-electron chi connectivity index (χ4n) is 2.60. The average molecular weight is 447 g/mol. The lowest BCUT2D eigenvalue weighted by Crippen LogP contribution is -2.17. The van der Waals surface area contributed by atoms with Gasteiger partial charge in [0.15, 0.2) is 5.65 Å². The number of nitrogens with one attached hydrogen (secondary N) is 1. The van der Waals surface area contributed by atoms with Crippen molar-refractivity contribution in [2.75, 3.05) is 5.32 Å². The fraction of sp³-hybridized carbons (Fsp3) is 0.176. The molecule has 1 aromatic carbocycles. The molecule has 4 nitrogen and oxygen atoms in total. The first-order chi connectivity index (χ1) is 12.1. The van der Waals surface area contributed by atoms with Crippen LogP contribution in [-0.2, 0) is 6.18 Å². The predicted molar refractivity (Wildman–Crippen MR) is 96.8 cm³/mol. The van der Waals surface area contributed by atoms with Gasteiger partial charge in [-0.15, -0.1) is 0 Å².